The number of nitrogens with one attached hydrogen (secondary N) is 2. The first-order chi connectivity index (χ1) is 10.1. The Morgan fingerprint density at radius 2 is 1.68 bits per heavy atom. The number of carbonyl (C=O) groups excluding carboxylic acids is 2. The molecular weight excluding hydrogens is 302 g/mol. The first kappa shape index (κ1) is 16.8. The van der Waals surface area contributed by atoms with Crippen LogP contribution < -0.4 is 16.4 Å². The van der Waals surface area contributed by atoms with Crippen LogP contribution in [0.5, 0.6) is 0 Å². The Kier molecular flexibility index (Phi) is 5.08. The van der Waals surface area contributed by atoms with Crippen molar-refractivity contribution in [2.24, 2.45) is 11.7 Å². The summed E-state index contributed by atoms with van der Waals surface area (Å²) >= 11 is 0. The number of amides is 2. The van der Waals surface area contributed by atoms with Crippen molar-refractivity contribution >= 4 is 35.6 Å². The van der Waals surface area contributed by atoms with Gasteiger partial charge < -0.3 is 16.4 Å². The summed E-state index contributed by atoms with van der Waals surface area (Å²) < 4.78 is 0. The van der Waals surface area contributed by atoms with Gasteiger partial charge in [-0.2, -0.15) is 0 Å². The van der Waals surface area contributed by atoms with Gasteiger partial charge in [0.05, 0.1) is 5.54 Å². The molecule has 0 radical (unpaired) electrons. The van der Waals surface area contributed by atoms with Crippen LogP contribution in [0.3, 0.4) is 0 Å². The van der Waals surface area contributed by atoms with Crippen LogP contribution in [0.25, 0.3) is 0 Å². The predicted octanol–water partition coefficient (Wildman–Crippen LogP) is 2.67. The molecule has 0 atom stereocenters. The zero-order valence-corrected chi connectivity index (χ0v) is 13.2. The minimum atomic E-state index is -0.743. The molecule has 0 aromatic heterocycles. The van der Waals surface area contributed by atoms with E-state index in [1.54, 1.807) is 6.07 Å². The van der Waals surface area contributed by atoms with Crippen LogP contribution in [-0.2, 0) is 9.59 Å². The molecule has 2 aliphatic carbocycles. The van der Waals surface area contributed by atoms with Gasteiger partial charge in [0.15, 0.2) is 0 Å². The number of hydrogen-bond acceptors (Lipinski definition) is 3. The Labute approximate surface area is 136 Å². The zero-order valence-electron chi connectivity index (χ0n) is 12.4. The third-order valence-corrected chi connectivity index (χ3v) is 4.28. The number of hydrogen-bond donors (Lipinski definition) is 3. The van der Waals surface area contributed by atoms with E-state index >= 15 is 0 Å². The molecule has 2 amide bonds. The summed E-state index contributed by atoms with van der Waals surface area (Å²) in [6, 6.07) is 7.22. The molecular formula is C16H22ClN3O2. The van der Waals surface area contributed by atoms with Crippen LogP contribution in [0.15, 0.2) is 24.3 Å². The fraction of sp³-hybridized carbons (Fsp3) is 0.500. The van der Waals surface area contributed by atoms with Crippen molar-refractivity contribution in [3.8, 4) is 0 Å². The fourth-order valence-electron chi connectivity index (χ4n) is 2.75. The van der Waals surface area contributed by atoms with Crippen LogP contribution in [0, 0.1) is 5.92 Å². The van der Waals surface area contributed by atoms with Gasteiger partial charge in [-0.1, -0.05) is 18.9 Å². The maximum atomic E-state index is 12.3. The minimum Gasteiger partial charge on any atom is -0.326 e. The quantitative estimate of drug-likeness (QED) is 0.796. The number of halogens is 1. The molecule has 0 bridgehead atoms. The highest BCUT2D eigenvalue weighted by atomic mass is 35.5. The molecule has 1 aromatic carbocycles. The predicted molar refractivity (Wildman–Crippen MR) is 89.1 cm³/mol. The molecule has 0 aliphatic heterocycles. The van der Waals surface area contributed by atoms with Crippen LogP contribution in [0.2, 0.25) is 0 Å². The van der Waals surface area contributed by atoms with Crippen molar-refractivity contribution in [2.75, 3.05) is 10.6 Å². The van der Waals surface area contributed by atoms with Gasteiger partial charge in [-0.25, -0.2) is 0 Å². The third-order valence-electron chi connectivity index (χ3n) is 4.28. The van der Waals surface area contributed by atoms with E-state index in [0.717, 1.165) is 38.5 Å². The monoisotopic (exact) mass is 323 g/mol. The molecule has 1 aromatic rings. The Morgan fingerprint density at radius 3 is 2.27 bits per heavy atom. The minimum absolute atomic E-state index is 0. The lowest BCUT2D eigenvalue weighted by Crippen LogP contribution is -2.48. The third kappa shape index (κ3) is 3.78. The Morgan fingerprint density at radius 1 is 1.09 bits per heavy atom. The highest BCUT2D eigenvalue weighted by molar-refractivity contribution is 5.99. The summed E-state index contributed by atoms with van der Waals surface area (Å²) in [5.41, 5.74) is 6.77. The maximum absolute atomic E-state index is 12.3. The normalized spacial score (nSPS) is 19.1. The molecule has 5 nitrogen and oxygen atoms in total. The lowest BCUT2D eigenvalue weighted by molar-refractivity contribution is -0.121. The maximum Gasteiger partial charge on any atom is 0.244 e. The molecule has 0 spiro atoms. The number of carbonyl (C=O) groups is 2. The van der Waals surface area contributed by atoms with Gasteiger partial charge in [-0.3, -0.25) is 9.59 Å². The van der Waals surface area contributed by atoms with Gasteiger partial charge in [0.2, 0.25) is 11.8 Å². The summed E-state index contributed by atoms with van der Waals surface area (Å²) in [5.74, 6) is 0.0873. The number of anilines is 2. The van der Waals surface area contributed by atoms with Crippen LogP contribution >= 0.6 is 12.4 Å². The molecule has 0 unspecified atom stereocenters. The highest BCUT2D eigenvalue weighted by Gasteiger charge is 2.37. The van der Waals surface area contributed by atoms with Gasteiger partial charge >= 0.3 is 0 Å². The van der Waals surface area contributed by atoms with E-state index in [9.17, 15) is 9.59 Å². The molecule has 120 valence electrons. The van der Waals surface area contributed by atoms with Gasteiger partial charge in [-0.05, 0) is 43.9 Å². The highest BCUT2D eigenvalue weighted by Crippen LogP contribution is 2.31. The second-order valence-corrected chi connectivity index (χ2v) is 6.16. The Bertz CT molecular complexity index is 566. The van der Waals surface area contributed by atoms with Gasteiger partial charge in [0.25, 0.3) is 0 Å². The lowest BCUT2D eigenvalue weighted by atomic mass is 9.98. The summed E-state index contributed by atoms with van der Waals surface area (Å²) in [7, 11) is 0. The van der Waals surface area contributed by atoms with Crippen molar-refractivity contribution in [3.63, 3.8) is 0 Å². The van der Waals surface area contributed by atoms with Gasteiger partial charge in [0.1, 0.15) is 0 Å². The second kappa shape index (κ2) is 6.67. The van der Waals surface area contributed by atoms with Crippen LogP contribution in [-0.4, -0.2) is 17.4 Å². The van der Waals surface area contributed by atoms with Crippen molar-refractivity contribution in [1.29, 1.82) is 0 Å². The molecule has 4 N–H and O–H groups in total. The topological polar surface area (TPSA) is 84.2 Å². The van der Waals surface area contributed by atoms with E-state index in [2.05, 4.69) is 10.6 Å². The van der Waals surface area contributed by atoms with Gasteiger partial charge in [0, 0.05) is 17.3 Å². The molecule has 22 heavy (non-hydrogen) atoms. The van der Waals surface area contributed by atoms with Crippen molar-refractivity contribution in [1.82, 2.24) is 0 Å². The Hall–Kier alpha value is -1.59. The van der Waals surface area contributed by atoms with E-state index in [1.165, 1.54) is 0 Å². The lowest BCUT2D eigenvalue weighted by Gasteiger charge is -2.22. The largest absolute Gasteiger partial charge is 0.326 e. The molecule has 0 heterocycles. The summed E-state index contributed by atoms with van der Waals surface area (Å²) in [6.07, 6.45) is 5.41. The van der Waals surface area contributed by atoms with E-state index in [4.69, 9.17) is 5.73 Å². The summed E-state index contributed by atoms with van der Waals surface area (Å²) in [5, 5.41) is 5.74. The van der Waals surface area contributed by atoms with E-state index in [1.807, 2.05) is 18.2 Å². The first-order valence-electron chi connectivity index (χ1n) is 7.58. The molecule has 2 fully saturated rings. The first-order valence-corrected chi connectivity index (χ1v) is 7.58. The number of rotatable bonds is 4. The number of nitrogens with two attached hydrogens (primary N) is 1. The number of benzene rings is 1. The molecule has 2 saturated carbocycles. The van der Waals surface area contributed by atoms with Crippen molar-refractivity contribution < 1.29 is 9.59 Å². The smallest absolute Gasteiger partial charge is 0.244 e. The SMILES string of the molecule is Cl.NC1(C(=O)Nc2cccc(NC(=O)C3CC3)c2)CCCC1. The average Bonchev–Trinajstić information content (AvgIpc) is 3.21. The van der Waals surface area contributed by atoms with Crippen molar-refractivity contribution in [2.45, 2.75) is 44.1 Å². The van der Waals surface area contributed by atoms with Crippen LogP contribution in [0.1, 0.15) is 38.5 Å². The zero-order chi connectivity index (χ0) is 14.9. The summed E-state index contributed by atoms with van der Waals surface area (Å²) in [4.78, 5) is 24.0. The molecule has 2 aliphatic rings. The fourth-order valence-corrected chi connectivity index (χ4v) is 2.75. The van der Waals surface area contributed by atoms with E-state index in [-0.39, 0.29) is 30.1 Å². The summed E-state index contributed by atoms with van der Waals surface area (Å²) in [6.45, 7) is 0. The van der Waals surface area contributed by atoms with E-state index < -0.39 is 5.54 Å². The Balaban J connectivity index is 0.00000176. The van der Waals surface area contributed by atoms with Crippen LogP contribution in [0.4, 0.5) is 11.4 Å². The second-order valence-electron chi connectivity index (χ2n) is 6.16. The molecule has 3 rings (SSSR count). The molecule has 6 heteroatoms. The average molecular weight is 324 g/mol. The standard InChI is InChI=1S/C16H21N3O2.ClH/c17-16(8-1-2-9-16)15(21)19-13-5-3-4-12(10-13)18-14(20)11-6-7-11;/h3-5,10-11H,1-2,6-9,17H2,(H,18,20)(H,19,21);1H. The van der Waals surface area contributed by atoms with E-state index in [0.29, 0.717) is 11.4 Å². The molecule has 0 saturated heterocycles. The van der Waals surface area contributed by atoms with Crippen molar-refractivity contribution in [3.05, 3.63) is 24.3 Å². The van der Waals surface area contributed by atoms with Gasteiger partial charge in [-0.15, -0.1) is 12.4 Å².